The summed E-state index contributed by atoms with van der Waals surface area (Å²) in [4.78, 5) is 13.3. The molecule has 0 aromatic carbocycles. The molecule has 3 unspecified atom stereocenters. The number of Topliss-reactive ketones (excluding diaryl/α,β-unsaturated/α-hetero) is 1. The molecule has 1 N–H and O–H groups in total. The summed E-state index contributed by atoms with van der Waals surface area (Å²) < 4.78 is 0. The molecule has 0 aromatic heterocycles. The fraction of sp³-hybridized carbons (Fsp3) is 0.909. The standard InChI is InChI=1S/C11H21NO2/c1-8(13)7-11-5-4-6-12(11)9(2)10(3)14/h9-11,14H,4-7H2,1-3H3. The second-order valence-corrected chi connectivity index (χ2v) is 4.42. The van der Waals surface area contributed by atoms with E-state index in [0.29, 0.717) is 12.5 Å². The number of hydrogen-bond acceptors (Lipinski definition) is 3. The molecule has 1 aliphatic rings. The van der Waals surface area contributed by atoms with Crippen molar-refractivity contribution in [2.24, 2.45) is 0 Å². The second-order valence-electron chi connectivity index (χ2n) is 4.42. The molecule has 3 atom stereocenters. The van der Waals surface area contributed by atoms with Gasteiger partial charge in [-0.15, -0.1) is 0 Å². The molecule has 0 spiro atoms. The second kappa shape index (κ2) is 4.89. The van der Waals surface area contributed by atoms with E-state index < -0.39 is 0 Å². The van der Waals surface area contributed by atoms with Crippen LogP contribution < -0.4 is 0 Å². The number of rotatable bonds is 4. The summed E-state index contributed by atoms with van der Waals surface area (Å²) >= 11 is 0. The Balaban J connectivity index is 2.54. The molecule has 0 bridgehead atoms. The van der Waals surface area contributed by atoms with E-state index >= 15 is 0 Å². The first kappa shape index (κ1) is 11.7. The summed E-state index contributed by atoms with van der Waals surface area (Å²) in [6, 6.07) is 0.527. The van der Waals surface area contributed by atoms with Gasteiger partial charge < -0.3 is 5.11 Å². The monoisotopic (exact) mass is 199 g/mol. The van der Waals surface area contributed by atoms with Gasteiger partial charge in [-0.05, 0) is 40.2 Å². The van der Waals surface area contributed by atoms with Crippen molar-refractivity contribution >= 4 is 5.78 Å². The number of aliphatic hydroxyl groups is 1. The molecular formula is C11H21NO2. The van der Waals surface area contributed by atoms with Gasteiger partial charge in [-0.25, -0.2) is 0 Å². The van der Waals surface area contributed by atoms with Gasteiger partial charge in [0, 0.05) is 18.5 Å². The molecule has 0 radical (unpaired) electrons. The Morgan fingerprint density at radius 2 is 2.21 bits per heavy atom. The molecule has 0 amide bonds. The highest BCUT2D eigenvalue weighted by atomic mass is 16.3. The largest absolute Gasteiger partial charge is 0.392 e. The average molecular weight is 199 g/mol. The van der Waals surface area contributed by atoms with Crippen LogP contribution >= 0.6 is 0 Å². The molecular weight excluding hydrogens is 178 g/mol. The van der Waals surface area contributed by atoms with E-state index in [2.05, 4.69) is 4.90 Å². The van der Waals surface area contributed by atoms with Gasteiger partial charge in [0.2, 0.25) is 0 Å². The van der Waals surface area contributed by atoms with Crippen molar-refractivity contribution in [3.8, 4) is 0 Å². The lowest BCUT2D eigenvalue weighted by molar-refractivity contribution is -0.118. The number of ketones is 1. The predicted octanol–water partition coefficient (Wildman–Crippen LogP) is 1.20. The molecule has 1 saturated heterocycles. The van der Waals surface area contributed by atoms with Gasteiger partial charge in [0.05, 0.1) is 6.10 Å². The molecule has 82 valence electrons. The van der Waals surface area contributed by atoms with Crippen LogP contribution in [0.25, 0.3) is 0 Å². The summed E-state index contributed by atoms with van der Waals surface area (Å²) in [5.41, 5.74) is 0. The van der Waals surface area contributed by atoms with Crippen LogP contribution in [0.5, 0.6) is 0 Å². The smallest absolute Gasteiger partial charge is 0.131 e. The van der Waals surface area contributed by atoms with Gasteiger partial charge >= 0.3 is 0 Å². The Kier molecular flexibility index (Phi) is 4.08. The number of aliphatic hydroxyl groups excluding tert-OH is 1. The van der Waals surface area contributed by atoms with Crippen LogP contribution in [-0.4, -0.2) is 40.5 Å². The maximum Gasteiger partial charge on any atom is 0.131 e. The lowest BCUT2D eigenvalue weighted by Gasteiger charge is -2.31. The first-order valence-corrected chi connectivity index (χ1v) is 5.45. The minimum Gasteiger partial charge on any atom is -0.392 e. The summed E-state index contributed by atoms with van der Waals surface area (Å²) in [5, 5.41) is 9.51. The molecule has 1 heterocycles. The molecule has 1 fully saturated rings. The highest BCUT2D eigenvalue weighted by Crippen LogP contribution is 2.23. The number of hydrogen-bond donors (Lipinski definition) is 1. The Labute approximate surface area is 86.1 Å². The fourth-order valence-corrected chi connectivity index (χ4v) is 2.22. The highest BCUT2D eigenvalue weighted by molar-refractivity contribution is 5.76. The minimum absolute atomic E-state index is 0.168. The van der Waals surface area contributed by atoms with Crippen molar-refractivity contribution in [3.63, 3.8) is 0 Å². The molecule has 1 aliphatic heterocycles. The molecule has 0 saturated carbocycles. The van der Waals surface area contributed by atoms with Crippen LogP contribution in [0.1, 0.15) is 40.0 Å². The molecule has 14 heavy (non-hydrogen) atoms. The van der Waals surface area contributed by atoms with Gasteiger partial charge in [0.25, 0.3) is 0 Å². The van der Waals surface area contributed by atoms with E-state index in [1.807, 2.05) is 13.8 Å². The normalized spacial score (nSPS) is 27.6. The van der Waals surface area contributed by atoms with Crippen molar-refractivity contribution < 1.29 is 9.90 Å². The summed E-state index contributed by atoms with van der Waals surface area (Å²) in [6.45, 7) is 6.50. The van der Waals surface area contributed by atoms with Gasteiger partial charge in [-0.1, -0.05) is 0 Å². The van der Waals surface area contributed by atoms with Crippen LogP contribution in [0.3, 0.4) is 0 Å². The summed E-state index contributed by atoms with van der Waals surface area (Å²) in [5.74, 6) is 0.250. The van der Waals surface area contributed by atoms with Crippen molar-refractivity contribution in [2.75, 3.05) is 6.54 Å². The lowest BCUT2D eigenvalue weighted by Crippen LogP contribution is -2.43. The van der Waals surface area contributed by atoms with Crippen molar-refractivity contribution in [1.82, 2.24) is 4.90 Å². The van der Waals surface area contributed by atoms with Crippen molar-refractivity contribution in [3.05, 3.63) is 0 Å². The van der Waals surface area contributed by atoms with Crippen LogP contribution in [0.4, 0.5) is 0 Å². The Morgan fingerprint density at radius 1 is 1.57 bits per heavy atom. The predicted molar refractivity (Wildman–Crippen MR) is 56.2 cm³/mol. The van der Waals surface area contributed by atoms with Crippen LogP contribution in [0.2, 0.25) is 0 Å². The van der Waals surface area contributed by atoms with Gasteiger partial charge in [-0.2, -0.15) is 0 Å². The number of nitrogens with zero attached hydrogens (tertiary/aromatic N) is 1. The topological polar surface area (TPSA) is 40.5 Å². The van der Waals surface area contributed by atoms with Gasteiger partial charge in [0.1, 0.15) is 5.78 Å². The zero-order chi connectivity index (χ0) is 10.7. The van der Waals surface area contributed by atoms with Crippen LogP contribution in [-0.2, 0) is 4.79 Å². The molecule has 3 nitrogen and oxygen atoms in total. The van der Waals surface area contributed by atoms with Crippen molar-refractivity contribution in [2.45, 2.75) is 58.2 Å². The maximum absolute atomic E-state index is 11.0. The lowest BCUT2D eigenvalue weighted by atomic mass is 10.1. The Hall–Kier alpha value is -0.410. The first-order chi connectivity index (χ1) is 6.52. The van der Waals surface area contributed by atoms with E-state index in [1.165, 1.54) is 0 Å². The van der Waals surface area contributed by atoms with Crippen LogP contribution in [0.15, 0.2) is 0 Å². The van der Waals surface area contributed by atoms with Crippen LogP contribution in [0, 0.1) is 0 Å². The molecule has 0 aromatic rings. The quantitative estimate of drug-likeness (QED) is 0.739. The summed E-state index contributed by atoms with van der Waals surface area (Å²) in [6.07, 6.45) is 2.56. The molecule has 3 heteroatoms. The third kappa shape index (κ3) is 2.79. The summed E-state index contributed by atoms with van der Waals surface area (Å²) in [7, 11) is 0. The fourth-order valence-electron chi connectivity index (χ4n) is 2.22. The number of likely N-dealkylation sites (tertiary alicyclic amines) is 1. The average Bonchev–Trinajstić information content (AvgIpc) is 2.49. The first-order valence-electron chi connectivity index (χ1n) is 5.45. The van der Waals surface area contributed by atoms with Gasteiger partial charge in [0.15, 0.2) is 0 Å². The third-order valence-corrected chi connectivity index (χ3v) is 3.17. The highest BCUT2D eigenvalue weighted by Gasteiger charge is 2.30. The minimum atomic E-state index is -0.317. The van der Waals surface area contributed by atoms with E-state index in [1.54, 1.807) is 6.92 Å². The van der Waals surface area contributed by atoms with E-state index in [9.17, 15) is 9.90 Å². The number of carbonyl (C=O) groups excluding carboxylic acids is 1. The zero-order valence-corrected chi connectivity index (χ0v) is 9.36. The SMILES string of the molecule is CC(=O)CC1CCCN1C(C)C(C)O. The molecule has 1 rings (SSSR count). The maximum atomic E-state index is 11.0. The Bertz CT molecular complexity index is 203. The van der Waals surface area contributed by atoms with E-state index in [-0.39, 0.29) is 17.9 Å². The zero-order valence-electron chi connectivity index (χ0n) is 9.36. The van der Waals surface area contributed by atoms with E-state index in [4.69, 9.17) is 0 Å². The van der Waals surface area contributed by atoms with Gasteiger partial charge in [-0.3, -0.25) is 9.69 Å². The Morgan fingerprint density at radius 3 is 2.71 bits per heavy atom. The third-order valence-electron chi connectivity index (χ3n) is 3.17. The van der Waals surface area contributed by atoms with E-state index in [0.717, 1.165) is 19.4 Å². The number of carbonyl (C=O) groups is 1. The molecule has 0 aliphatic carbocycles. The van der Waals surface area contributed by atoms with Crippen molar-refractivity contribution in [1.29, 1.82) is 0 Å².